The van der Waals surface area contributed by atoms with Gasteiger partial charge in [0.2, 0.25) is 5.88 Å². The number of carbonyl (C=O) groups excluding carboxylic acids is 1. The Kier molecular flexibility index (Phi) is 6.06. The van der Waals surface area contributed by atoms with Crippen molar-refractivity contribution in [2.45, 2.75) is 19.8 Å². The first-order chi connectivity index (χ1) is 13.9. The van der Waals surface area contributed by atoms with Crippen LogP contribution in [0.1, 0.15) is 24.0 Å². The molecule has 7 nitrogen and oxygen atoms in total. The summed E-state index contributed by atoms with van der Waals surface area (Å²) in [5.74, 6) is -1.32. The molecule has 2 heterocycles. The average molecular weight is 414 g/mol. The number of nitrogens with two attached hydrogens (primary N) is 1. The molecule has 0 fully saturated rings. The third-order valence-corrected chi connectivity index (χ3v) is 4.91. The van der Waals surface area contributed by atoms with Crippen LogP contribution in [0.15, 0.2) is 47.1 Å². The number of nitrogens with zero attached hydrogens (tertiary/aromatic N) is 2. The largest absolute Gasteiger partial charge is 0.460 e. The van der Waals surface area contributed by atoms with Crippen LogP contribution in [0.2, 0.25) is 5.15 Å². The maximum Gasteiger partial charge on any atom is 0.338 e. The van der Waals surface area contributed by atoms with Gasteiger partial charge in [0.05, 0.1) is 23.6 Å². The van der Waals surface area contributed by atoms with Gasteiger partial charge in [-0.05, 0) is 31.5 Å². The number of esters is 1. The summed E-state index contributed by atoms with van der Waals surface area (Å²) in [5.41, 5.74) is 8.40. The lowest BCUT2D eigenvalue weighted by molar-refractivity contribution is -0.140. The van der Waals surface area contributed by atoms with Crippen molar-refractivity contribution < 1.29 is 19.0 Å². The molecular weight excluding hydrogens is 394 g/mol. The fourth-order valence-electron chi connectivity index (χ4n) is 3.22. The number of nitriles is 1. The highest BCUT2D eigenvalue weighted by Gasteiger charge is 2.38. The van der Waals surface area contributed by atoms with Crippen LogP contribution in [0, 0.1) is 18.3 Å². The van der Waals surface area contributed by atoms with Crippen LogP contribution < -0.4 is 5.73 Å². The van der Waals surface area contributed by atoms with Gasteiger partial charge >= 0.3 is 5.97 Å². The van der Waals surface area contributed by atoms with Gasteiger partial charge in [0.1, 0.15) is 29.2 Å². The van der Waals surface area contributed by atoms with Gasteiger partial charge in [-0.15, -0.1) is 0 Å². The molecule has 150 valence electrons. The lowest BCUT2D eigenvalue weighted by Gasteiger charge is -2.27. The van der Waals surface area contributed by atoms with Crippen LogP contribution in [0.25, 0.3) is 10.9 Å². The first-order valence-electron chi connectivity index (χ1n) is 8.88. The smallest absolute Gasteiger partial charge is 0.338 e. The topological polar surface area (TPSA) is 107 Å². The van der Waals surface area contributed by atoms with Crippen LogP contribution >= 0.6 is 11.6 Å². The SMILES string of the molecule is COCCOC(=O)C1=C(C)OC(N)=C(C#N)C1c1cc2ccc(C)cc2nc1Cl. The Morgan fingerprint density at radius 2 is 2.10 bits per heavy atom. The minimum Gasteiger partial charge on any atom is -0.460 e. The van der Waals surface area contributed by atoms with Crippen LogP contribution in [0.4, 0.5) is 0 Å². The minimum atomic E-state index is -0.852. The Morgan fingerprint density at radius 3 is 2.79 bits per heavy atom. The van der Waals surface area contributed by atoms with Crippen molar-refractivity contribution in [1.29, 1.82) is 5.26 Å². The monoisotopic (exact) mass is 413 g/mol. The first kappa shape index (κ1) is 20.6. The van der Waals surface area contributed by atoms with Crippen LogP contribution in [-0.2, 0) is 19.0 Å². The maximum atomic E-state index is 12.8. The molecule has 0 aliphatic carbocycles. The molecule has 29 heavy (non-hydrogen) atoms. The van der Waals surface area contributed by atoms with E-state index in [2.05, 4.69) is 4.98 Å². The Bertz CT molecular complexity index is 1090. The lowest BCUT2D eigenvalue weighted by Crippen LogP contribution is -2.26. The summed E-state index contributed by atoms with van der Waals surface area (Å²) >= 11 is 6.48. The molecule has 0 radical (unpaired) electrons. The number of methoxy groups -OCH3 is 1. The standard InChI is InChI=1S/C21H20ClN3O4/c1-11-4-5-13-9-14(19(22)25-16(13)8-11)18-15(10-23)20(24)29-12(2)17(18)21(26)28-7-6-27-3/h4-5,8-9,18H,6-7,24H2,1-3H3. The molecular formula is C21H20ClN3O4. The van der Waals surface area contributed by atoms with E-state index in [1.54, 1.807) is 13.0 Å². The Morgan fingerprint density at radius 1 is 1.34 bits per heavy atom. The van der Waals surface area contributed by atoms with E-state index in [4.69, 9.17) is 31.5 Å². The number of ether oxygens (including phenoxy) is 3. The number of aryl methyl sites for hydroxylation is 1. The number of hydrogen-bond acceptors (Lipinski definition) is 7. The van der Waals surface area contributed by atoms with Gasteiger partial charge in [-0.25, -0.2) is 9.78 Å². The molecule has 1 aromatic heterocycles. The lowest BCUT2D eigenvalue weighted by atomic mass is 9.83. The molecule has 1 aliphatic rings. The van der Waals surface area contributed by atoms with E-state index in [-0.39, 0.29) is 41.2 Å². The number of hydrogen-bond donors (Lipinski definition) is 1. The van der Waals surface area contributed by atoms with E-state index in [1.165, 1.54) is 7.11 Å². The molecule has 1 atom stereocenters. The third kappa shape index (κ3) is 4.04. The summed E-state index contributed by atoms with van der Waals surface area (Å²) in [6.07, 6.45) is 0. The van der Waals surface area contributed by atoms with Gasteiger partial charge in [-0.1, -0.05) is 23.7 Å². The van der Waals surface area contributed by atoms with E-state index in [1.807, 2.05) is 31.2 Å². The van der Waals surface area contributed by atoms with Gasteiger partial charge < -0.3 is 19.9 Å². The van der Waals surface area contributed by atoms with Crippen molar-refractivity contribution in [3.05, 3.63) is 63.3 Å². The molecule has 8 heteroatoms. The summed E-state index contributed by atoms with van der Waals surface area (Å²) in [6.45, 7) is 3.85. The van der Waals surface area contributed by atoms with Crippen LogP contribution in [0.3, 0.4) is 0 Å². The average Bonchev–Trinajstić information content (AvgIpc) is 2.67. The van der Waals surface area contributed by atoms with E-state index in [0.717, 1.165) is 10.9 Å². The van der Waals surface area contributed by atoms with Crippen molar-refractivity contribution in [1.82, 2.24) is 4.98 Å². The number of fused-ring (bicyclic) bond motifs is 1. The summed E-state index contributed by atoms with van der Waals surface area (Å²) in [4.78, 5) is 17.3. The first-order valence-corrected chi connectivity index (χ1v) is 9.26. The van der Waals surface area contributed by atoms with Crippen molar-refractivity contribution in [3.63, 3.8) is 0 Å². The van der Waals surface area contributed by atoms with E-state index >= 15 is 0 Å². The Labute approximate surface area is 173 Å². The second-order valence-electron chi connectivity index (χ2n) is 6.59. The molecule has 2 aromatic rings. The number of rotatable bonds is 5. The molecule has 1 aromatic carbocycles. The number of allylic oxidation sites excluding steroid dienone is 2. The van der Waals surface area contributed by atoms with E-state index in [0.29, 0.717) is 11.1 Å². The second kappa shape index (κ2) is 8.52. The molecule has 0 spiro atoms. The summed E-state index contributed by atoms with van der Waals surface area (Å²) in [6, 6.07) is 9.60. The van der Waals surface area contributed by atoms with Crippen LogP contribution in [0.5, 0.6) is 0 Å². The summed E-state index contributed by atoms with van der Waals surface area (Å²) in [5, 5.41) is 10.7. The molecule has 0 amide bonds. The molecule has 0 saturated carbocycles. The molecule has 2 N–H and O–H groups in total. The van der Waals surface area contributed by atoms with Gasteiger partial charge in [0.25, 0.3) is 0 Å². The van der Waals surface area contributed by atoms with Crippen molar-refractivity contribution in [2.75, 3.05) is 20.3 Å². The van der Waals surface area contributed by atoms with Gasteiger partial charge in [-0.3, -0.25) is 0 Å². The highest BCUT2D eigenvalue weighted by atomic mass is 35.5. The molecule has 1 aliphatic heterocycles. The molecule has 0 saturated heterocycles. The highest BCUT2D eigenvalue weighted by molar-refractivity contribution is 6.30. The predicted molar refractivity (Wildman–Crippen MR) is 108 cm³/mol. The second-order valence-corrected chi connectivity index (χ2v) is 6.95. The van der Waals surface area contributed by atoms with Crippen molar-refractivity contribution >= 4 is 28.5 Å². The summed E-state index contributed by atoms with van der Waals surface area (Å²) < 4.78 is 15.6. The quantitative estimate of drug-likeness (QED) is 0.454. The summed E-state index contributed by atoms with van der Waals surface area (Å²) in [7, 11) is 1.50. The van der Waals surface area contributed by atoms with Gasteiger partial charge in [0.15, 0.2) is 0 Å². The number of pyridine rings is 1. The maximum absolute atomic E-state index is 12.8. The van der Waals surface area contributed by atoms with E-state index in [9.17, 15) is 10.1 Å². The zero-order valence-electron chi connectivity index (χ0n) is 16.3. The fraction of sp³-hybridized carbons (Fsp3) is 0.286. The molecule has 0 bridgehead atoms. The third-order valence-electron chi connectivity index (χ3n) is 4.61. The van der Waals surface area contributed by atoms with E-state index < -0.39 is 11.9 Å². The Balaban J connectivity index is 2.16. The Hall–Kier alpha value is -3.08. The molecule has 3 rings (SSSR count). The highest BCUT2D eigenvalue weighted by Crippen LogP contribution is 2.42. The number of aromatic nitrogens is 1. The zero-order chi connectivity index (χ0) is 21.1. The predicted octanol–water partition coefficient (Wildman–Crippen LogP) is 3.47. The van der Waals surface area contributed by atoms with Gasteiger partial charge in [-0.2, -0.15) is 5.26 Å². The molecule has 1 unspecified atom stereocenters. The number of halogens is 1. The van der Waals surface area contributed by atoms with Crippen molar-refractivity contribution in [2.24, 2.45) is 5.73 Å². The number of benzene rings is 1. The fourth-order valence-corrected chi connectivity index (χ4v) is 3.48. The number of carbonyl (C=O) groups is 1. The van der Waals surface area contributed by atoms with Crippen LogP contribution in [-0.4, -0.2) is 31.3 Å². The van der Waals surface area contributed by atoms with Gasteiger partial charge in [0, 0.05) is 18.1 Å². The zero-order valence-corrected chi connectivity index (χ0v) is 17.0. The normalized spacial score (nSPS) is 16.6. The minimum absolute atomic E-state index is 0.0584. The van der Waals surface area contributed by atoms with Crippen molar-refractivity contribution in [3.8, 4) is 6.07 Å².